The van der Waals surface area contributed by atoms with Gasteiger partial charge in [0.2, 0.25) is 0 Å². The van der Waals surface area contributed by atoms with Gasteiger partial charge in [-0.1, -0.05) is 12.1 Å². The van der Waals surface area contributed by atoms with Gasteiger partial charge in [-0.2, -0.15) is 0 Å². The fourth-order valence-electron chi connectivity index (χ4n) is 1.97. The summed E-state index contributed by atoms with van der Waals surface area (Å²) in [5.74, 6) is 0.140. The molecule has 0 heterocycles. The standard InChI is InChI=1S/C14H18N2O4/c1-14(2,3)15-13(17)20-12-8-11(12)9-4-6-10(7-5-9)16(18)19/h4-7,11-12H,8H2,1-3H3,(H,15,17). The Morgan fingerprint density at radius 3 is 2.45 bits per heavy atom. The molecule has 0 radical (unpaired) electrons. The molecule has 1 aromatic rings. The van der Waals surface area contributed by atoms with Crippen molar-refractivity contribution < 1.29 is 14.5 Å². The number of hydrogen-bond donors (Lipinski definition) is 1. The van der Waals surface area contributed by atoms with Crippen LogP contribution in [0.15, 0.2) is 24.3 Å². The third-order valence-corrected chi connectivity index (χ3v) is 3.00. The Morgan fingerprint density at radius 2 is 1.95 bits per heavy atom. The van der Waals surface area contributed by atoms with Gasteiger partial charge in [0, 0.05) is 23.6 Å². The fourth-order valence-corrected chi connectivity index (χ4v) is 1.97. The van der Waals surface area contributed by atoms with Crippen molar-refractivity contribution in [2.75, 3.05) is 0 Å². The molecule has 1 aliphatic rings. The van der Waals surface area contributed by atoms with E-state index < -0.39 is 11.0 Å². The molecule has 0 aliphatic heterocycles. The molecule has 1 aliphatic carbocycles. The lowest BCUT2D eigenvalue weighted by Crippen LogP contribution is -2.41. The van der Waals surface area contributed by atoms with Crippen molar-refractivity contribution in [1.82, 2.24) is 5.32 Å². The summed E-state index contributed by atoms with van der Waals surface area (Å²) in [5.41, 5.74) is 0.705. The molecule has 2 unspecified atom stereocenters. The molecule has 0 spiro atoms. The van der Waals surface area contributed by atoms with E-state index in [0.717, 1.165) is 12.0 Å². The number of nitro benzene ring substituents is 1. The Bertz CT molecular complexity index is 519. The quantitative estimate of drug-likeness (QED) is 0.680. The maximum Gasteiger partial charge on any atom is 0.407 e. The molecule has 6 nitrogen and oxygen atoms in total. The van der Waals surface area contributed by atoms with E-state index >= 15 is 0 Å². The van der Waals surface area contributed by atoms with E-state index in [2.05, 4.69) is 5.32 Å². The van der Waals surface area contributed by atoms with Crippen LogP contribution in [0.3, 0.4) is 0 Å². The van der Waals surface area contributed by atoms with Crippen LogP contribution >= 0.6 is 0 Å². The Morgan fingerprint density at radius 1 is 1.35 bits per heavy atom. The van der Waals surface area contributed by atoms with Crippen molar-refractivity contribution in [3.05, 3.63) is 39.9 Å². The number of non-ortho nitro benzene ring substituents is 1. The predicted octanol–water partition coefficient (Wildman–Crippen LogP) is 2.98. The van der Waals surface area contributed by atoms with E-state index in [9.17, 15) is 14.9 Å². The van der Waals surface area contributed by atoms with Crippen LogP contribution in [0.25, 0.3) is 0 Å². The summed E-state index contributed by atoms with van der Waals surface area (Å²) in [6, 6.07) is 6.38. The Balaban J connectivity index is 1.88. The van der Waals surface area contributed by atoms with Crippen LogP contribution in [0.2, 0.25) is 0 Å². The van der Waals surface area contributed by atoms with Gasteiger partial charge in [-0.3, -0.25) is 10.1 Å². The van der Waals surface area contributed by atoms with Gasteiger partial charge in [0.05, 0.1) is 4.92 Å². The van der Waals surface area contributed by atoms with Gasteiger partial charge in [-0.15, -0.1) is 0 Å². The molecule has 0 saturated heterocycles. The molecule has 1 aromatic carbocycles. The van der Waals surface area contributed by atoms with Crippen molar-refractivity contribution >= 4 is 11.8 Å². The Kier molecular flexibility index (Phi) is 3.65. The van der Waals surface area contributed by atoms with Crippen LogP contribution in [0, 0.1) is 10.1 Å². The first-order chi connectivity index (χ1) is 9.26. The minimum Gasteiger partial charge on any atom is -0.446 e. The smallest absolute Gasteiger partial charge is 0.407 e. The van der Waals surface area contributed by atoms with Crippen molar-refractivity contribution in [2.24, 2.45) is 0 Å². The molecule has 108 valence electrons. The first-order valence-corrected chi connectivity index (χ1v) is 6.49. The summed E-state index contributed by atoms with van der Waals surface area (Å²) in [4.78, 5) is 21.7. The van der Waals surface area contributed by atoms with Crippen LogP contribution in [0.5, 0.6) is 0 Å². The van der Waals surface area contributed by atoms with Crippen LogP contribution in [-0.2, 0) is 4.74 Å². The number of ether oxygens (including phenoxy) is 1. The normalized spacial score (nSPS) is 21.1. The van der Waals surface area contributed by atoms with Gasteiger partial charge in [-0.05, 0) is 32.8 Å². The van der Waals surface area contributed by atoms with Gasteiger partial charge in [0.1, 0.15) is 6.10 Å². The zero-order valence-electron chi connectivity index (χ0n) is 11.8. The van der Waals surface area contributed by atoms with Crippen LogP contribution in [0.4, 0.5) is 10.5 Å². The average molecular weight is 278 g/mol. The SMILES string of the molecule is CC(C)(C)NC(=O)OC1CC1c1ccc([N+](=O)[O-])cc1. The molecule has 1 saturated carbocycles. The summed E-state index contributed by atoms with van der Waals surface area (Å²) in [6.45, 7) is 5.65. The number of nitro groups is 1. The highest BCUT2D eigenvalue weighted by atomic mass is 16.6. The minimum atomic E-state index is -0.429. The molecule has 1 amide bonds. The van der Waals surface area contributed by atoms with E-state index in [0.29, 0.717) is 0 Å². The van der Waals surface area contributed by atoms with E-state index in [1.165, 1.54) is 12.1 Å². The number of hydrogen-bond acceptors (Lipinski definition) is 4. The third kappa shape index (κ3) is 3.69. The largest absolute Gasteiger partial charge is 0.446 e. The molecule has 0 bridgehead atoms. The van der Waals surface area contributed by atoms with E-state index in [4.69, 9.17) is 4.74 Å². The summed E-state index contributed by atoms with van der Waals surface area (Å²) in [5, 5.41) is 13.3. The van der Waals surface area contributed by atoms with Gasteiger partial charge in [0.25, 0.3) is 5.69 Å². The summed E-state index contributed by atoms with van der Waals surface area (Å²) >= 11 is 0. The number of rotatable bonds is 3. The first-order valence-electron chi connectivity index (χ1n) is 6.49. The number of alkyl carbamates (subject to hydrolysis) is 1. The van der Waals surface area contributed by atoms with Crippen LogP contribution in [-0.4, -0.2) is 22.7 Å². The van der Waals surface area contributed by atoms with E-state index in [1.54, 1.807) is 12.1 Å². The monoisotopic (exact) mass is 278 g/mol. The maximum absolute atomic E-state index is 11.6. The highest BCUT2D eigenvalue weighted by Gasteiger charge is 2.42. The predicted molar refractivity (Wildman–Crippen MR) is 73.6 cm³/mol. The highest BCUT2D eigenvalue weighted by Crippen LogP contribution is 2.43. The van der Waals surface area contributed by atoms with Crippen LogP contribution < -0.4 is 5.32 Å². The lowest BCUT2D eigenvalue weighted by molar-refractivity contribution is -0.384. The summed E-state index contributed by atoms with van der Waals surface area (Å²) in [6.07, 6.45) is 0.195. The molecule has 20 heavy (non-hydrogen) atoms. The maximum atomic E-state index is 11.6. The fraction of sp³-hybridized carbons (Fsp3) is 0.500. The number of carbonyl (C=O) groups excluding carboxylic acids is 1. The van der Waals surface area contributed by atoms with Crippen molar-refractivity contribution in [3.8, 4) is 0 Å². The molecule has 2 rings (SSSR count). The molecule has 0 aromatic heterocycles. The van der Waals surface area contributed by atoms with Gasteiger partial charge >= 0.3 is 6.09 Å². The number of nitrogens with zero attached hydrogens (tertiary/aromatic N) is 1. The second kappa shape index (κ2) is 5.11. The van der Waals surface area contributed by atoms with Gasteiger partial charge in [0.15, 0.2) is 0 Å². The molecular formula is C14H18N2O4. The third-order valence-electron chi connectivity index (χ3n) is 3.00. The minimum absolute atomic E-state index is 0.0670. The number of amides is 1. The number of nitrogens with one attached hydrogen (secondary N) is 1. The molecule has 6 heteroatoms. The first kappa shape index (κ1) is 14.3. The lowest BCUT2D eigenvalue weighted by Gasteiger charge is -2.20. The topological polar surface area (TPSA) is 81.5 Å². The second-order valence-electron chi connectivity index (χ2n) is 6.01. The Labute approximate surface area is 117 Å². The zero-order chi connectivity index (χ0) is 14.9. The summed E-state index contributed by atoms with van der Waals surface area (Å²) in [7, 11) is 0. The molecule has 1 fully saturated rings. The Hall–Kier alpha value is -2.11. The van der Waals surface area contributed by atoms with Gasteiger partial charge in [-0.25, -0.2) is 4.79 Å². The number of benzene rings is 1. The zero-order valence-corrected chi connectivity index (χ0v) is 11.8. The number of carbonyl (C=O) groups is 1. The molecular weight excluding hydrogens is 260 g/mol. The molecule has 2 atom stereocenters. The van der Waals surface area contributed by atoms with E-state index in [1.807, 2.05) is 20.8 Å². The van der Waals surface area contributed by atoms with Crippen molar-refractivity contribution in [1.29, 1.82) is 0 Å². The molecule has 1 N–H and O–H groups in total. The highest BCUT2D eigenvalue weighted by molar-refractivity contribution is 5.68. The second-order valence-corrected chi connectivity index (χ2v) is 6.01. The van der Waals surface area contributed by atoms with E-state index in [-0.39, 0.29) is 23.2 Å². The lowest BCUT2D eigenvalue weighted by atomic mass is 10.1. The summed E-state index contributed by atoms with van der Waals surface area (Å²) < 4.78 is 5.30. The van der Waals surface area contributed by atoms with Crippen molar-refractivity contribution in [3.63, 3.8) is 0 Å². The van der Waals surface area contributed by atoms with Crippen molar-refractivity contribution in [2.45, 2.75) is 44.8 Å². The van der Waals surface area contributed by atoms with Crippen LogP contribution in [0.1, 0.15) is 38.7 Å². The van der Waals surface area contributed by atoms with Gasteiger partial charge < -0.3 is 10.1 Å². The average Bonchev–Trinajstić information content (AvgIpc) is 3.05.